The molecule has 10 heterocycles. The summed E-state index contributed by atoms with van der Waals surface area (Å²) < 4.78 is 89.5. The van der Waals surface area contributed by atoms with E-state index in [-0.39, 0.29) is 70.5 Å². The number of halogens is 4. The lowest BCUT2D eigenvalue weighted by molar-refractivity contribution is -0.0610. The fourth-order valence-electron chi connectivity index (χ4n) is 9.27. The number of aromatic nitrogens is 11. The number of nitrogens with zero attached hydrogens (tertiary/aromatic N) is 10. The van der Waals surface area contributed by atoms with E-state index in [1.807, 2.05) is 4.98 Å². The van der Waals surface area contributed by atoms with Crippen LogP contribution in [0.1, 0.15) is 84.0 Å². The summed E-state index contributed by atoms with van der Waals surface area (Å²) in [5.41, 5.74) is 11.1. The van der Waals surface area contributed by atoms with E-state index in [0.29, 0.717) is 33.7 Å². The lowest BCUT2D eigenvalue weighted by Crippen LogP contribution is -2.38. The van der Waals surface area contributed by atoms with Gasteiger partial charge in [0.1, 0.15) is 16.9 Å². The first-order valence-electron chi connectivity index (χ1n) is 23.4. The van der Waals surface area contributed by atoms with E-state index in [1.54, 1.807) is 12.3 Å². The summed E-state index contributed by atoms with van der Waals surface area (Å²) in [4.78, 5) is 60.3. The number of rotatable bonds is 10. The van der Waals surface area contributed by atoms with Crippen LogP contribution < -0.4 is 34.1 Å². The highest BCUT2D eigenvalue weighted by Gasteiger charge is 2.50. The number of aliphatic hydroxyl groups excluding tert-OH is 4. The third-order valence-electron chi connectivity index (χ3n) is 12.7. The van der Waals surface area contributed by atoms with Crippen molar-refractivity contribution in [3.05, 3.63) is 86.5 Å². The van der Waals surface area contributed by atoms with Gasteiger partial charge < -0.3 is 61.3 Å². The fourth-order valence-corrected chi connectivity index (χ4v) is 9.27. The van der Waals surface area contributed by atoms with E-state index in [2.05, 4.69) is 29.9 Å². The summed E-state index contributed by atoms with van der Waals surface area (Å²) in [6, 6.07) is 4.15. The van der Waals surface area contributed by atoms with Crippen molar-refractivity contribution in [3.8, 4) is 0 Å². The van der Waals surface area contributed by atoms with Crippen molar-refractivity contribution in [2.45, 2.75) is 132 Å². The fraction of sp³-hybridized carbons (Fsp3) is 0.578. The molecule has 26 nitrogen and oxygen atoms in total. The number of anilines is 3. The lowest BCUT2D eigenvalue weighted by Gasteiger charge is -2.22. The van der Waals surface area contributed by atoms with Gasteiger partial charge >= 0.3 is 11.4 Å². The molecule has 6 aromatic rings. The molecule has 4 saturated heterocycles. The lowest BCUT2D eigenvalue weighted by atomic mass is 10.0. The Bertz CT molecular complexity index is 3110. The Kier molecular flexibility index (Phi) is 16.8. The van der Waals surface area contributed by atoms with E-state index in [9.17, 15) is 37.1 Å². The number of aromatic amines is 1. The maximum absolute atomic E-state index is 14.8. The molecule has 0 unspecified atom stereocenters. The van der Waals surface area contributed by atoms with Gasteiger partial charge in [0.15, 0.2) is 58.9 Å². The van der Waals surface area contributed by atoms with Crippen LogP contribution in [0.2, 0.25) is 0 Å². The average Bonchev–Trinajstić information content (AvgIpc) is 4.20. The van der Waals surface area contributed by atoms with Gasteiger partial charge in [0.2, 0.25) is 5.95 Å². The van der Waals surface area contributed by atoms with Crippen LogP contribution in [-0.2, 0) is 30.3 Å². The number of nitrogens with one attached hydrogen (secondary N) is 1. The van der Waals surface area contributed by atoms with Gasteiger partial charge in [0.05, 0.1) is 81.5 Å². The van der Waals surface area contributed by atoms with Crippen LogP contribution in [0.4, 0.5) is 35.0 Å². The Morgan fingerprint density at radius 1 is 0.627 bits per heavy atom. The third-order valence-corrected chi connectivity index (χ3v) is 12.7. The predicted octanol–water partition coefficient (Wildman–Crippen LogP) is 0.963. The number of nitrogen functional groups attached to an aromatic ring is 3. The molecule has 0 amide bonds. The molecule has 30 heteroatoms. The maximum Gasteiger partial charge on any atom is 0.351 e. The summed E-state index contributed by atoms with van der Waals surface area (Å²) in [7, 11) is 1.53. The monoisotopic (exact) mass is 1060 g/mol. The van der Waals surface area contributed by atoms with Crippen molar-refractivity contribution in [2.75, 3.05) is 50.7 Å². The number of H-pyrrole nitrogens is 1. The molecular weight excluding hydrogens is 1000 g/mol. The minimum Gasteiger partial charge on any atom is -0.397 e. The zero-order chi connectivity index (χ0) is 54.8. The molecule has 6 aromatic heterocycles. The molecule has 0 saturated carbocycles. The zero-order valence-corrected chi connectivity index (χ0v) is 41.4. The third kappa shape index (κ3) is 12.1. The number of nitrogens with two attached hydrogens (primary N) is 3. The number of pyridine rings is 1. The van der Waals surface area contributed by atoms with E-state index >= 15 is 0 Å². The summed E-state index contributed by atoms with van der Waals surface area (Å²) in [6.45, 7) is 4.68. The van der Waals surface area contributed by atoms with Gasteiger partial charge in [-0.3, -0.25) is 28.0 Å². The Hall–Kier alpha value is -6.51. The largest absolute Gasteiger partial charge is 0.397 e. The van der Waals surface area contributed by atoms with Gasteiger partial charge in [0, 0.05) is 57.4 Å². The second-order valence-electron chi connectivity index (χ2n) is 19.2. The molecule has 0 radical (unpaired) electrons. The van der Waals surface area contributed by atoms with Crippen LogP contribution in [0.15, 0.2) is 63.8 Å². The molecular formula is C45H60F4N14O12. The second kappa shape index (κ2) is 22.4. The summed E-state index contributed by atoms with van der Waals surface area (Å²) >= 11 is 0. The first-order valence-corrected chi connectivity index (χ1v) is 23.4. The average molecular weight is 1070 g/mol. The number of aliphatic hydroxyl groups is 4. The predicted molar refractivity (Wildman–Crippen MR) is 257 cm³/mol. The van der Waals surface area contributed by atoms with E-state index in [4.69, 9.17) is 56.2 Å². The Morgan fingerprint density at radius 3 is 1.53 bits per heavy atom. The van der Waals surface area contributed by atoms with E-state index in [0.717, 1.165) is 15.2 Å². The number of methoxy groups -OCH3 is 1. The molecule has 4 fully saturated rings. The number of fused-ring (bicyclic) bond motifs is 2. The number of imidazole rings is 2. The summed E-state index contributed by atoms with van der Waals surface area (Å²) in [5, 5.41) is 36.2. The van der Waals surface area contributed by atoms with E-state index < -0.39 is 88.9 Å². The van der Waals surface area contributed by atoms with Gasteiger partial charge in [-0.15, -0.1) is 0 Å². The first-order chi connectivity index (χ1) is 35.4. The molecule has 10 rings (SSSR count). The quantitative estimate of drug-likeness (QED) is 0.0886. The number of hydrogen-bond donors (Lipinski definition) is 8. The Balaban J connectivity index is 0.000000147. The summed E-state index contributed by atoms with van der Waals surface area (Å²) in [6.07, 6.45) is 0.908. The molecule has 4 aliphatic heterocycles. The van der Waals surface area contributed by atoms with E-state index in [1.165, 1.54) is 75.1 Å². The van der Waals surface area contributed by atoms with Crippen LogP contribution in [0.5, 0.6) is 0 Å². The van der Waals surface area contributed by atoms with Gasteiger partial charge in [-0.2, -0.15) is 9.97 Å². The van der Waals surface area contributed by atoms with Crippen LogP contribution in [-0.4, -0.2) is 154 Å². The van der Waals surface area contributed by atoms with Crippen molar-refractivity contribution >= 4 is 39.8 Å². The Morgan fingerprint density at radius 2 is 1.08 bits per heavy atom. The maximum atomic E-state index is 14.8. The number of alkyl halides is 4. The smallest absolute Gasteiger partial charge is 0.351 e. The van der Waals surface area contributed by atoms with Gasteiger partial charge in [-0.25, -0.2) is 47.1 Å². The molecule has 12 atom stereocenters. The highest BCUT2D eigenvalue weighted by atomic mass is 19.2. The summed E-state index contributed by atoms with van der Waals surface area (Å²) in [5.74, 6) is 0.127. The molecule has 0 aromatic carbocycles. The van der Waals surface area contributed by atoms with Gasteiger partial charge in [-0.05, 0) is 39.8 Å². The van der Waals surface area contributed by atoms with Crippen molar-refractivity contribution in [1.82, 2.24) is 53.2 Å². The standard InChI is InChI=1S/C13H18FN5O3.C12H15FN4O2.C10H14FN3O3.C10H13FN2O4/c1-13(14)3-7(4-20)22-11(13)19-6-16-9-8(5-21-2)17-12(15)18-10(9)19;1-12(13)4-7(5-18)19-11(12)17-6-16-9-8(14)2-3-15-10(9)17;1-10(11)4-6(5-15)17-8(10)14-3-2-7(12)13-9(14)16;1-10(11)4-6(5-14)17-8(10)13-3-2-7(15)12-9(13)16/h6-7,11,20H,3-5H2,1-2H3,(H2,15,17,18);2-3,6-7,11,18H,4-5H2,1H3,(H2,14,15);2-3,6,8,15H,4-5H2,1H3,(H2,12,13,16);2-3,6,8,14H,4-5H2,1H3,(H,12,15,16)/t7-,11+,13+;7-,11+,12+;2*6-,8+,10+/m0000/s1. The van der Waals surface area contributed by atoms with Crippen molar-refractivity contribution < 1.29 is 61.7 Å². The zero-order valence-electron chi connectivity index (χ0n) is 41.4. The molecule has 410 valence electrons. The topological polar surface area (TPSA) is 369 Å². The normalized spacial score (nSPS) is 31.2. The first kappa shape index (κ1) is 56.2. The van der Waals surface area contributed by atoms with Crippen molar-refractivity contribution in [3.63, 3.8) is 0 Å². The molecule has 75 heavy (non-hydrogen) atoms. The molecule has 4 aliphatic rings. The number of hydrogen-bond acceptors (Lipinski definition) is 21. The minimum absolute atomic E-state index is 0.000265. The van der Waals surface area contributed by atoms with Crippen LogP contribution >= 0.6 is 0 Å². The molecule has 11 N–H and O–H groups in total. The molecule has 0 aliphatic carbocycles. The SMILES string of the molecule is COCc1nc(N)nc2c1ncn2[C@@H]1O[C@H](CO)C[C@@]1(C)F.C[C@@]1(F)C[C@@H](CO)O[C@H]1n1ccc(=O)[nH]c1=O.C[C@@]1(F)C[C@@H](CO)O[C@H]1n1ccc(N)nc1=O.C[C@@]1(F)C[C@@H](CO)O[C@H]1n1cnc2c(N)ccnc21. The van der Waals surface area contributed by atoms with Crippen LogP contribution in [0, 0.1) is 0 Å². The Labute approximate surface area is 423 Å². The second-order valence-corrected chi connectivity index (χ2v) is 19.2. The highest BCUT2D eigenvalue weighted by Crippen LogP contribution is 2.44. The van der Waals surface area contributed by atoms with Gasteiger partial charge in [-0.1, -0.05) is 0 Å². The molecule has 0 spiro atoms. The van der Waals surface area contributed by atoms with Crippen molar-refractivity contribution in [2.24, 2.45) is 0 Å². The minimum atomic E-state index is -1.77. The highest BCUT2D eigenvalue weighted by molar-refractivity contribution is 5.83. The number of ether oxygens (including phenoxy) is 5. The van der Waals surface area contributed by atoms with Crippen LogP contribution in [0.3, 0.4) is 0 Å². The van der Waals surface area contributed by atoms with Crippen LogP contribution in [0.25, 0.3) is 22.3 Å². The molecule has 0 bridgehead atoms. The van der Waals surface area contributed by atoms with Gasteiger partial charge in [0.25, 0.3) is 5.56 Å². The van der Waals surface area contributed by atoms with Crippen molar-refractivity contribution in [1.29, 1.82) is 0 Å².